The highest BCUT2D eigenvalue weighted by Crippen LogP contribution is 2.43. The SMILES string of the molecule is CC[C@H](C)[C@@H]([C@@H](CC(=O)N1CCC[C@H]1[C@H](OC)[C@@H](C)C(=O)N[C@H](COC)Cc1ccccc1)OC)N(C)C(=O)[C@@H](NC(=O)[C@@H]1[C@H]2CC[C@H](C2)N1C(=O)OCc1ccc(NC(=O)[C@H](CCCNC(N)=O)NC(=O)[C@@H](NC(=O)CCCCCN2C(=O)C=CC2=O)C(C)C)cc1)C(C)C. The molecule has 2 aromatic carbocycles. The fraction of sp³-hybridized carbons (Fsp3) is 0.643. The van der Waals surface area contributed by atoms with E-state index in [-0.39, 0.29) is 117 Å². The smallest absolute Gasteiger partial charge is 0.411 e. The Hall–Kier alpha value is -7.97. The van der Waals surface area contributed by atoms with Crippen LogP contribution in [0.3, 0.4) is 0 Å². The van der Waals surface area contributed by atoms with Crippen LogP contribution in [0.4, 0.5) is 15.3 Å². The Bertz CT molecular complexity index is 2990. The van der Waals surface area contributed by atoms with Gasteiger partial charge in [-0.15, -0.1) is 0 Å². The van der Waals surface area contributed by atoms with Gasteiger partial charge in [0.1, 0.15) is 30.8 Å². The molecule has 26 heteroatoms. The van der Waals surface area contributed by atoms with E-state index in [1.54, 1.807) is 69.2 Å². The third kappa shape index (κ3) is 21.3. The van der Waals surface area contributed by atoms with Crippen molar-refractivity contribution in [2.75, 3.05) is 59.9 Å². The number of urea groups is 1. The minimum Gasteiger partial charge on any atom is -0.445 e. The first-order chi connectivity index (χ1) is 45.8. The first kappa shape index (κ1) is 77.0. The molecule has 13 atom stereocenters. The van der Waals surface area contributed by atoms with Crippen molar-refractivity contribution in [1.29, 1.82) is 0 Å². The summed E-state index contributed by atoms with van der Waals surface area (Å²) < 4.78 is 23.5. The Kier molecular flexibility index (Phi) is 30.1. The molecule has 0 spiro atoms. The van der Waals surface area contributed by atoms with Gasteiger partial charge in [0.05, 0.1) is 49.3 Å². The molecule has 2 saturated heterocycles. The predicted molar refractivity (Wildman–Crippen MR) is 359 cm³/mol. The number of likely N-dealkylation sites (N-methyl/N-ethyl adjacent to an activating group) is 1. The molecule has 3 aliphatic heterocycles. The standard InChI is InChI=1S/C70H105N11O15/c1-12-44(6)61(54(94-10)39-58(85)79-36-20-24-53(79)63(95-11)45(7)64(86)74-50(41-93-9)37-46-21-15-13-16-22-46)78(8)68(90)60(43(4)5)77-67(89)62-48-28-31-51(38-48)81(62)70(92)96-40-47-26-29-49(30-27-47)73-65(87)52(23-19-34-72-69(71)91)75-66(88)59(42(2)3)76-55(82)25-17-14-18-35-80-56(83)32-33-57(80)84/h13,15-16,21-22,26-27,29-30,32-33,42-45,48,50-54,59-63H,12,14,17-20,23-25,28,31,34-41H2,1-11H3,(H,73,87)(H,74,86)(H,75,88)(H,76,82)(H,77,89)(H3,71,72,91)/t44-,45+,48-,50-,51+,52-,53-,54+,59-,60-,61-,62-,63+/m0/s1. The zero-order valence-corrected chi connectivity index (χ0v) is 57.9. The van der Waals surface area contributed by atoms with Gasteiger partial charge in [0.2, 0.25) is 41.4 Å². The number of primary amides is 1. The maximum atomic E-state index is 14.9. The maximum Gasteiger partial charge on any atom is 0.411 e. The van der Waals surface area contributed by atoms with E-state index in [1.807, 2.05) is 65.0 Å². The van der Waals surface area contributed by atoms with Gasteiger partial charge in [-0.05, 0) is 111 Å². The lowest BCUT2D eigenvalue weighted by Gasteiger charge is -2.41. The van der Waals surface area contributed by atoms with Crippen LogP contribution in [0.15, 0.2) is 66.7 Å². The molecule has 3 fully saturated rings. The van der Waals surface area contributed by atoms with E-state index in [0.29, 0.717) is 88.6 Å². The molecule has 1 saturated carbocycles. The van der Waals surface area contributed by atoms with Crippen LogP contribution in [0.1, 0.15) is 143 Å². The number of hydrogen-bond acceptors (Lipinski definition) is 15. The second kappa shape index (κ2) is 37.5. The van der Waals surface area contributed by atoms with Crippen molar-refractivity contribution in [3.63, 3.8) is 0 Å². The molecule has 1 aliphatic carbocycles. The molecular formula is C70H105N11O15. The number of ether oxygens (including phenoxy) is 4. The van der Waals surface area contributed by atoms with E-state index in [4.69, 9.17) is 24.7 Å². The number of methoxy groups -OCH3 is 3. The van der Waals surface area contributed by atoms with Gasteiger partial charge in [0, 0.05) is 78.3 Å². The summed E-state index contributed by atoms with van der Waals surface area (Å²) in [5, 5.41) is 17.0. The van der Waals surface area contributed by atoms with Crippen LogP contribution in [-0.2, 0) is 75.1 Å². The molecule has 2 aromatic rings. The van der Waals surface area contributed by atoms with Gasteiger partial charge < -0.3 is 66.4 Å². The normalized spacial score (nSPS) is 20.2. The fourth-order valence-electron chi connectivity index (χ4n) is 13.8. The number of imide groups is 1. The van der Waals surface area contributed by atoms with Crippen LogP contribution >= 0.6 is 0 Å². The summed E-state index contributed by atoms with van der Waals surface area (Å²) >= 11 is 0. The summed E-state index contributed by atoms with van der Waals surface area (Å²) in [6.45, 7) is 14.0. The number of fused-ring (bicyclic) bond motifs is 2. The molecule has 0 radical (unpaired) electrons. The first-order valence-electron chi connectivity index (χ1n) is 34.1. The van der Waals surface area contributed by atoms with Gasteiger partial charge >= 0.3 is 12.1 Å². The molecule has 6 rings (SSSR count). The summed E-state index contributed by atoms with van der Waals surface area (Å²) in [7, 11) is 6.35. The number of benzene rings is 2. The molecule has 4 aliphatic rings. The lowest BCUT2D eigenvalue weighted by atomic mass is 9.89. The fourth-order valence-corrected chi connectivity index (χ4v) is 13.8. The lowest BCUT2D eigenvalue weighted by Crippen LogP contribution is -2.60. The van der Waals surface area contributed by atoms with Gasteiger partial charge in [-0.3, -0.25) is 53.0 Å². The third-order valence-electron chi connectivity index (χ3n) is 19.2. The molecule has 12 amide bonds. The van der Waals surface area contributed by atoms with E-state index in [0.717, 1.165) is 10.5 Å². The van der Waals surface area contributed by atoms with Crippen molar-refractivity contribution in [3.05, 3.63) is 77.9 Å². The minimum atomic E-state index is -1.10. The number of nitrogens with zero attached hydrogens (tertiary/aromatic N) is 4. The molecule has 26 nitrogen and oxygen atoms in total. The number of nitrogens with one attached hydrogen (secondary N) is 6. The molecule has 96 heavy (non-hydrogen) atoms. The highest BCUT2D eigenvalue weighted by atomic mass is 16.6. The van der Waals surface area contributed by atoms with Gasteiger partial charge in [0.25, 0.3) is 11.8 Å². The molecule has 530 valence electrons. The Morgan fingerprint density at radius 3 is 2.05 bits per heavy atom. The van der Waals surface area contributed by atoms with Crippen molar-refractivity contribution in [2.45, 2.75) is 206 Å². The van der Waals surface area contributed by atoms with E-state index < -0.39 is 84.2 Å². The topological polar surface area (TPSA) is 336 Å². The van der Waals surface area contributed by atoms with E-state index in [2.05, 4.69) is 31.9 Å². The number of unbranched alkanes of at least 4 members (excludes halogenated alkanes) is 2. The number of hydrogen-bond donors (Lipinski definition) is 7. The second-order valence-corrected chi connectivity index (χ2v) is 26.7. The van der Waals surface area contributed by atoms with Crippen molar-refractivity contribution < 1.29 is 71.7 Å². The van der Waals surface area contributed by atoms with Gasteiger partial charge in [-0.25, -0.2) is 9.59 Å². The highest BCUT2D eigenvalue weighted by molar-refractivity contribution is 6.12. The molecular weight excluding hydrogens is 1230 g/mol. The number of anilines is 1. The number of likely N-dealkylation sites (tertiary alicyclic amines) is 2. The maximum absolute atomic E-state index is 14.9. The summed E-state index contributed by atoms with van der Waals surface area (Å²) in [4.78, 5) is 154. The summed E-state index contributed by atoms with van der Waals surface area (Å²) in [5.74, 6) is -5.23. The number of amides is 12. The number of nitrogens with two attached hydrogens (primary N) is 1. The number of carbonyl (C=O) groups is 11. The monoisotopic (exact) mass is 1340 g/mol. The Labute approximate surface area is 565 Å². The van der Waals surface area contributed by atoms with Crippen molar-refractivity contribution >= 4 is 71.0 Å². The average molecular weight is 1340 g/mol. The van der Waals surface area contributed by atoms with Crippen LogP contribution in [-0.4, -0.2) is 200 Å². The summed E-state index contributed by atoms with van der Waals surface area (Å²) in [6.07, 6.45) is 6.83. The molecule has 8 N–H and O–H groups in total. The third-order valence-corrected chi connectivity index (χ3v) is 19.2. The second-order valence-electron chi connectivity index (χ2n) is 26.7. The minimum absolute atomic E-state index is 0.0581. The van der Waals surface area contributed by atoms with Crippen molar-refractivity contribution in [1.82, 2.24) is 46.2 Å². The van der Waals surface area contributed by atoms with E-state index in [9.17, 15) is 52.7 Å². The summed E-state index contributed by atoms with van der Waals surface area (Å²) in [6, 6.07) is 10.1. The van der Waals surface area contributed by atoms with Crippen molar-refractivity contribution in [3.8, 4) is 0 Å². The Balaban J connectivity index is 1.04. The number of piperidine rings is 1. The highest BCUT2D eigenvalue weighted by Gasteiger charge is 2.53. The van der Waals surface area contributed by atoms with Crippen LogP contribution < -0.4 is 37.6 Å². The Morgan fingerprint density at radius 1 is 0.740 bits per heavy atom. The quantitative estimate of drug-likeness (QED) is 0.0339. The van der Waals surface area contributed by atoms with Crippen LogP contribution in [0.2, 0.25) is 0 Å². The van der Waals surface area contributed by atoms with E-state index in [1.165, 1.54) is 24.2 Å². The lowest BCUT2D eigenvalue weighted by molar-refractivity contribution is -0.148. The van der Waals surface area contributed by atoms with Crippen molar-refractivity contribution in [2.24, 2.45) is 35.3 Å². The zero-order chi connectivity index (χ0) is 70.3. The number of rotatable bonds is 38. The Morgan fingerprint density at radius 2 is 1.43 bits per heavy atom. The van der Waals surface area contributed by atoms with Gasteiger partial charge in [-0.1, -0.05) is 104 Å². The zero-order valence-electron chi connectivity index (χ0n) is 57.9. The van der Waals surface area contributed by atoms with E-state index >= 15 is 0 Å². The average Bonchev–Trinajstić information content (AvgIpc) is 1.60. The predicted octanol–water partition coefficient (Wildman–Crippen LogP) is 5.11. The molecule has 0 unspecified atom stereocenters. The molecule has 2 bridgehead atoms. The summed E-state index contributed by atoms with van der Waals surface area (Å²) in [5.41, 5.74) is 7.24. The van der Waals surface area contributed by atoms with Gasteiger partial charge in [0.15, 0.2) is 0 Å². The largest absolute Gasteiger partial charge is 0.445 e. The first-order valence-corrected chi connectivity index (χ1v) is 34.1. The van der Waals surface area contributed by atoms with Crippen LogP contribution in [0, 0.1) is 29.6 Å². The van der Waals surface area contributed by atoms with Crippen LogP contribution in [0.25, 0.3) is 0 Å². The molecule has 0 aromatic heterocycles. The molecule has 3 heterocycles. The number of carbonyl (C=O) groups excluding carboxylic acids is 11. The van der Waals surface area contributed by atoms with Crippen LogP contribution in [0.5, 0.6) is 0 Å². The van der Waals surface area contributed by atoms with Gasteiger partial charge in [-0.2, -0.15) is 0 Å².